The van der Waals surface area contributed by atoms with Gasteiger partial charge in [0.05, 0.1) is 21.3 Å². The summed E-state index contributed by atoms with van der Waals surface area (Å²) in [5.41, 5.74) is 5.36. The fraction of sp³-hybridized carbons (Fsp3) is 0.143. The van der Waals surface area contributed by atoms with Crippen LogP contribution in [0.15, 0.2) is 109 Å². The van der Waals surface area contributed by atoms with Crippen LogP contribution in [0, 0.1) is 0 Å². The molecule has 0 unspecified atom stereocenters. The van der Waals surface area contributed by atoms with E-state index in [4.69, 9.17) is 23.7 Å². The van der Waals surface area contributed by atoms with Crippen LogP contribution < -0.4 is 23.7 Å². The van der Waals surface area contributed by atoms with E-state index in [2.05, 4.69) is 0 Å². The molecular formula is C35H32O6. The third-order valence-electron chi connectivity index (χ3n) is 6.71. The average molecular weight is 549 g/mol. The van der Waals surface area contributed by atoms with Gasteiger partial charge in [-0.25, -0.2) is 0 Å². The quantitative estimate of drug-likeness (QED) is 0.181. The smallest absolute Gasteiger partial charge is 0.170 e. The van der Waals surface area contributed by atoms with Gasteiger partial charge in [-0.15, -0.1) is 0 Å². The number of methoxy groups -OCH3 is 3. The van der Waals surface area contributed by atoms with E-state index in [9.17, 15) is 5.11 Å². The van der Waals surface area contributed by atoms with Crippen molar-refractivity contribution in [1.82, 2.24) is 0 Å². The Morgan fingerprint density at radius 2 is 1.12 bits per heavy atom. The molecule has 0 fully saturated rings. The second kappa shape index (κ2) is 12.8. The molecule has 1 N–H and O–H groups in total. The summed E-state index contributed by atoms with van der Waals surface area (Å²) < 4.78 is 29.6. The molecule has 0 aliphatic heterocycles. The largest absolute Gasteiger partial charge is 0.504 e. The maximum Gasteiger partial charge on any atom is 0.170 e. The lowest BCUT2D eigenvalue weighted by Crippen LogP contribution is -2.01. The van der Waals surface area contributed by atoms with Crippen molar-refractivity contribution in [3.63, 3.8) is 0 Å². The lowest BCUT2D eigenvalue weighted by Gasteiger charge is -2.20. The molecule has 41 heavy (non-hydrogen) atoms. The number of hydrogen-bond donors (Lipinski definition) is 1. The Balaban J connectivity index is 1.59. The van der Waals surface area contributed by atoms with E-state index in [-0.39, 0.29) is 5.75 Å². The summed E-state index contributed by atoms with van der Waals surface area (Å²) in [7, 11) is 4.78. The van der Waals surface area contributed by atoms with Crippen LogP contribution in [-0.4, -0.2) is 26.4 Å². The van der Waals surface area contributed by atoms with Gasteiger partial charge in [0, 0.05) is 17.2 Å². The summed E-state index contributed by atoms with van der Waals surface area (Å²) in [4.78, 5) is 0. The van der Waals surface area contributed by atoms with Crippen molar-refractivity contribution in [2.75, 3.05) is 21.3 Å². The highest BCUT2D eigenvalue weighted by atomic mass is 16.5. The minimum absolute atomic E-state index is 0.0611. The molecule has 0 heterocycles. The van der Waals surface area contributed by atoms with Crippen molar-refractivity contribution in [1.29, 1.82) is 0 Å². The second-order valence-corrected chi connectivity index (χ2v) is 9.36. The van der Waals surface area contributed by atoms with Crippen molar-refractivity contribution in [3.8, 4) is 56.8 Å². The van der Waals surface area contributed by atoms with Crippen LogP contribution in [0.2, 0.25) is 0 Å². The molecule has 0 radical (unpaired) electrons. The van der Waals surface area contributed by atoms with E-state index in [0.717, 1.165) is 33.4 Å². The predicted molar refractivity (Wildman–Crippen MR) is 160 cm³/mol. The molecule has 6 heteroatoms. The first-order chi connectivity index (χ1) is 20.1. The van der Waals surface area contributed by atoms with Crippen LogP contribution in [-0.2, 0) is 13.2 Å². The molecule has 0 aliphatic rings. The van der Waals surface area contributed by atoms with Gasteiger partial charge in [-0.2, -0.15) is 0 Å². The van der Waals surface area contributed by atoms with Gasteiger partial charge in [-0.1, -0.05) is 66.7 Å². The summed E-state index contributed by atoms with van der Waals surface area (Å²) in [6.07, 6.45) is 0. The fourth-order valence-corrected chi connectivity index (χ4v) is 4.61. The monoisotopic (exact) mass is 548 g/mol. The standard InChI is InChI=1S/C35H32O6/c1-37-28-18-27(19-29(21-28)40-22-24-10-6-4-7-11-24)31-16-15-30(26-14-17-32(36)33(20-26)38-2)35(34(31)39-3)41-23-25-12-8-5-9-13-25/h4-21,36H,22-23H2,1-3H3. The third kappa shape index (κ3) is 6.39. The molecule has 5 aromatic rings. The maximum atomic E-state index is 10.2. The van der Waals surface area contributed by atoms with Gasteiger partial charge in [-0.05, 0) is 58.7 Å². The van der Waals surface area contributed by atoms with Gasteiger partial charge >= 0.3 is 0 Å². The average Bonchev–Trinajstić information content (AvgIpc) is 3.03. The third-order valence-corrected chi connectivity index (χ3v) is 6.71. The zero-order valence-corrected chi connectivity index (χ0v) is 23.3. The zero-order chi connectivity index (χ0) is 28.6. The summed E-state index contributed by atoms with van der Waals surface area (Å²) in [5.74, 6) is 2.89. The van der Waals surface area contributed by atoms with Gasteiger partial charge in [0.25, 0.3) is 0 Å². The van der Waals surface area contributed by atoms with E-state index in [1.165, 1.54) is 7.11 Å². The highest BCUT2D eigenvalue weighted by molar-refractivity contribution is 5.84. The van der Waals surface area contributed by atoms with E-state index in [1.54, 1.807) is 26.4 Å². The molecule has 6 nitrogen and oxygen atoms in total. The summed E-state index contributed by atoms with van der Waals surface area (Å²) in [6.45, 7) is 0.768. The number of ether oxygens (including phenoxy) is 5. The maximum absolute atomic E-state index is 10.2. The normalized spacial score (nSPS) is 10.6. The Kier molecular flexibility index (Phi) is 8.60. The molecule has 0 saturated heterocycles. The first-order valence-corrected chi connectivity index (χ1v) is 13.2. The predicted octanol–water partition coefficient (Wildman–Crippen LogP) is 7.91. The molecule has 0 atom stereocenters. The number of hydrogen-bond acceptors (Lipinski definition) is 6. The first-order valence-electron chi connectivity index (χ1n) is 13.2. The molecule has 5 rings (SSSR count). The van der Waals surface area contributed by atoms with Gasteiger partial charge in [0.2, 0.25) is 0 Å². The molecule has 0 saturated carbocycles. The zero-order valence-electron chi connectivity index (χ0n) is 23.3. The van der Waals surface area contributed by atoms with E-state index in [1.807, 2.05) is 97.1 Å². The lowest BCUT2D eigenvalue weighted by molar-refractivity contribution is 0.286. The molecule has 0 aromatic heterocycles. The van der Waals surface area contributed by atoms with Gasteiger partial charge in [0.15, 0.2) is 23.0 Å². The van der Waals surface area contributed by atoms with Crippen molar-refractivity contribution in [2.24, 2.45) is 0 Å². The molecule has 0 amide bonds. The number of aromatic hydroxyl groups is 1. The molecular weight excluding hydrogens is 516 g/mol. The molecule has 0 aliphatic carbocycles. The van der Waals surface area contributed by atoms with Crippen LogP contribution in [0.25, 0.3) is 22.3 Å². The summed E-state index contributed by atoms with van der Waals surface area (Å²) in [6, 6.07) is 34.9. The number of benzene rings is 5. The minimum atomic E-state index is 0.0611. The number of rotatable bonds is 11. The van der Waals surface area contributed by atoms with Crippen molar-refractivity contribution < 1.29 is 28.8 Å². The molecule has 208 valence electrons. The van der Waals surface area contributed by atoms with E-state index >= 15 is 0 Å². The Bertz CT molecular complexity index is 1600. The summed E-state index contributed by atoms with van der Waals surface area (Å²) >= 11 is 0. The Labute approximate surface area is 240 Å². The molecule has 0 spiro atoms. The Morgan fingerprint density at radius 1 is 0.512 bits per heavy atom. The topological polar surface area (TPSA) is 66.4 Å². The first kappa shape index (κ1) is 27.5. The van der Waals surface area contributed by atoms with Gasteiger partial charge < -0.3 is 28.8 Å². The Hall–Kier alpha value is -5.10. The second-order valence-electron chi connectivity index (χ2n) is 9.36. The van der Waals surface area contributed by atoms with E-state index in [0.29, 0.717) is 42.0 Å². The minimum Gasteiger partial charge on any atom is -0.504 e. The fourth-order valence-electron chi connectivity index (χ4n) is 4.61. The van der Waals surface area contributed by atoms with E-state index < -0.39 is 0 Å². The Morgan fingerprint density at radius 3 is 1.73 bits per heavy atom. The lowest BCUT2D eigenvalue weighted by atomic mass is 9.97. The highest BCUT2D eigenvalue weighted by Crippen LogP contribution is 2.47. The van der Waals surface area contributed by atoms with Crippen molar-refractivity contribution >= 4 is 0 Å². The number of phenols is 1. The van der Waals surface area contributed by atoms with Gasteiger partial charge in [0.1, 0.15) is 24.7 Å². The molecule has 0 bridgehead atoms. The van der Waals surface area contributed by atoms with Crippen LogP contribution >= 0.6 is 0 Å². The van der Waals surface area contributed by atoms with Crippen LogP contribution in [0.4, 0.5) is 0 Å². The SMILES string of the molecule is COc1cc(OCc2ccccc2)cc(-c2ccc(-c3ccc(O)c(OC)c3)c(OCc3ccccc3)c2OC)c1. The van der Waals surface area contributed by atoms with Gasteiger partial charge in [-0.3, -0.25) is 0 Å². The van der Waals surface area contributed by atoms with Crippen molar-refractivity contribution in [3.05, 3.63) is 120 Å². The van der Waals surface area contributed by atoms with Crippen molar-refractivity contribution in [2.45, 2.75) is 13.2 Å². The highest BCUT2D eigenvalue weighted by Gasteiger charge is 2.21. The van der Waals surface area contributed by atoms with Crippen LogP contribution in [0.1, 0.15) is 11.1 Å². The van der Waals surface area contributed by atoms with Crippen LogP contribution in [0.3, 0.4) is 0 Å². The summed E-state index contributed by atoms with van der Waals surface area (Å²) in [5, 5.41) is 10.2. The number of phenolic OH excluding ortho intramolecular Hbond substituents is 1. The molecule has 5 aromatic carbocycles. The van der Waals surface area contributed by atoms with Crippen LogP contribution in [0.5, 0.6) is 34.5 Å².